The second-order valence-corrected chi connectivity index (χ2v) is 23.5. The van der Waals surface area contributed by atoms with Crippen LogP contribution < -0.4 is 10.6 Å². The van der Waals surface area contributed by atoms with Crippen LogP contribution in [0, 0.1) is 0 Å². The number of hydrogen-bond donors (Lipinski definition) is 2. The van der Waals surface area contributed by atoms with Gasteiger partial charge in [0.05, 0.1) is 317 Å². The Bertz CT molecular complexity index is 1970. The van der Waals surface area contributed by atoms with Gasteiger partial charge in [-0.05, 0) is 40.0 Å². The minimum absolute atomic E-state index is 0.156. The summed E-state index contributed by atoms with van der Waals surface area (Å²) in [4.78, 5) is 65.4. The van der Waals surface area contributed by atoms with Crippen LogP contribution in [0.2, 0.25) is 0 Å². The van der Waals surface area contributed by atoms with Crippen LogP contribution in [0.5, 0.6) is 0 Å². The number of nitrogens with one attached hydrogen (secondary N) is 2. The molecule has 1 fully saturated rings. The molecule has 2 rings (SSSR count). The Kier molecular flexibility index (Phi) is 66.9. The third kappa shape index (κ3) is 62.8. The largest absolute Gasteiger partial charge is 0.444 e. The van der Waals surface area contributed by atoms with Crippen LogP contribution in [0.3, 0.4) is 0 Å². The summed E-state index contributed by atoms with van der Waals surface area (Å²) in [6.07, 6.45) is 3.94. The molecule has 2 N–H and O–H groups in total. The van der Waals surface area contributed by atoms with E-state index < -0.39 is 23.8 Å². The highest BCUT2D eigenvalue weighted by Crippen LogP contribution is 2.22. The monoisotopic (exact) mass is 1490 g/mol. The Morgan fingerprint density at radius 1 is 0.369 bits per heavy atom. The number of imide groups is 1. The summed E-state index contributed by atoms with van der Waals surface area (Å²) in [5, 5.41) is 5.63. The number of amides is 5. The molecule has 0 aromatic rings. The molecule has 1 saturated heterocycles. The Balaban J connectivity index is 1.18. The molecule has 2 atom stereocenters. The second kappa shape index (κ2) is 72.3. The molecule has 0 saturated carbocycles. The van der Waals surface area contributed by atoms with E-state index in [4.69, 9.17) is 118 Å². The first-order valence-electron chi connectivity index (χ1n) is 36.4. The number of likely N-dealkylation sites (tertiary alicyclic amines) is 1. The van der Waals surface area contributed by atoms with E-state index in [1.807, 2.05) is 0 Å². The van der Waals surface area contributed by atoms with Gasteiger partial charge < -0.3 is 134 Å². The van der Waals surface area contributed by atoms with Crippen molar-refractivity contribution in [3.8, 4) is 0 Å². The average molecular weight is 1490 g/mol. The van der Waals surface area contributed by atoms with Gasteiger partial charge in [0, 0.05) is 45.3 Å². The van der Waals surface area contributed by atoms with Gasteiger partial charge in [0.1, 0.15) is 11.6 Å². The van der Waals surface area contributed by atoms with Crippen LogP contribution >= 0.6 is 0 Å². The van der Waals surface area contributed by atoms with Crippen molar-refractivity contribution in [2.45, 2.75) is 70.6 Å². The Hall–Kier alpha value is -3.87. The summed E-state index contributed by atoms with van der Waals surface area (Å²) in [7, 11) is 1.64. The predicted octanol–water partition coefficient (Wildman–Crippen LogP) is 1.11. The smallest absolute Gasteiger partial charge is 0.407 e. The van der Waals surface area contributed by atoms with Crippen molar-refractivity contribution in [3.05, 3.63) is 12.2 Å². The van der Waals surface area contributed by atoms with Gasteiger partial charge >= 0.3 is 6.09 Å². The van der Waals surface area contributed by atoms with Crippen molar-refractivity contribution < 1.29 is 142 Å². The number of nitrogens with zero attached hydrogens (tertiary/aromatic N) is 2. The van der Waals surface area contributed by atoms with Gasteiger partial charge in [0.25, 0.3) is 11.8 Å². The fourth-order valence-electron chi connectivity index (χ4n) is 8.90. The summed E-state index contributed by atoms with van der Waals surface area (Å²) in [6, 6.07) is -1.26. The fraction of sp³-hybridized carbons (Fsp3) is 0.899. The molecule has 604 valence electrons. The lowest BCUT2D eigenvalue weighted by Crippen LogP contribution is -2.46. The first kappa shape index (κ1) is 95.2. The van der Waals surface area contributed by atoms with Crippen LogP contribution in [0.25, 0.3) is 0 Å². The molecule has 2 heterocycles. The van der Waals surface area contributed by atoms with Crippen LogP contribution in [-0.2, 0) is 138 Å². The molecule has 34 nitrogen and oxygen atoms in total. The molecule has 0 aromatic heterocycles. The summed E-state index contributed by atoms with van der Waals surface area (Å²) >= 11 is 0. The summed E-state index contributed by atoms with van der Waals surface area (Å²) < 4.78 is 137. The molecular formula is C69H128N4O30. The zero-order chi connectivity index (χ0) is 74.1. The molecular weight excluding hydrogens is 1360 g/mol. The minimum atomic E-state index is -0.788. The minimum Gasteiger partial charge on any atom is -0.444 e. The number of carbonyl (C=O) groups excluding carboxylic acids is 5. The molecule has 0 spiro atoms. The molecule has 0 radical (unpaired) electrons. The van der Waals surface area contributed by atoms with Gasteiger partial charge in [-0.25, -0.2) is 4.79 Å². The maximum absolute atomic E-state index is 13.3. The van der Waals surface area contributed by atoms with E-state index in [9.17, 15) is 24.0 Å². The molecule has 103 heavy (non-hydrogen) atoms. The molecule has 2 aliphatic rings. The Morgan fingerprint density at radius 3 is 0.874 bits per heavy atom. The second-order valence-electron chi connectivity index (χ2n) is 23.5. The van der Waals surface area contributed by atoms with E-state index in [1.54, 1.807) is 27.9 Å². The van der Waals surface area contributed by atoms with Gasteiger partial charge in [-0.1, -0.05) is 6.42 Å². The van der Waals surface area contributed by atoms with Crippen molar-refractivity contribution in [2.24, 2.45) is 0 Å². The third-order valence-electron chi connectivity index (χ3n) is 14.0. The highest BCUT2D eigenvalue weighted by Gasteiger charge is 2.40. The van der Waals surface area contributed by atoms with Crippen LogP contribution in [0.4, 0.5) is 4.79 Å². The van der Waals surface area contributed by atoms with Gasteiger partial charge in [-0.2, -0.15) is 0 Å². The van der Waals surface area contributed by atoms with Crippen molar-refractivity contribution >= 4 is 29.7 Å². The van der Waals surface area contributed by atoms with Gasteiger partial charge in [-0.15, -0.1) is 0 Å². The highest BCUT2D eigenvalue weighted by atomic mass is 16.6. The van der Waals surface area contributed by atoms with Gasteiger partial charge in [-0.3, -0.25) is 24.1 Å². The van der Waals surface area contributed by atoms with E-state index in [0.717, 1.165) is 0 Å². The summed E-state index contributed by atoms with van der Waals surface area (Å²) in [5.74, 6) is -1.25. The van der Waals surface area contributed by atoms with Crippen molar-refractivity contribution in [1.29, 1.82) is 0 Å². The molecule has 0 bridgehead atoms. The highest BCUT2D eigenvalue weighted by molar-refractivity contribution is 6.12. The number of methoxy groups -OCH3 is 1. The lowest BCUT2D eigenvalue weighted by Gasteiger charge is -2.24. The zero-order valence-electron chi connectivity index (χ0n) is 62.3. The van der Waals surface area contributed by atoms with Crippen molar-refractivity contribution in [2.75, 3.05) is 337 Å². The van der Waals surface area contributed by atoms with Crippen LogP contribution in [-0.4, -0.2) is 394 Å². The predicted molar refractivity (Wildman–Crippen MR) is 371 cm³/mol. The quantitative estimate of drug-likeness (QED) is 0.0636. The lowest BCUT2D eigenvalue weighted by atomic mass is 10.1. The van der Waals surface area contributed by atoms with E-state index in [2.05, 4.69) is 10.6 Å². The normalized spacial score (nSPS) is 14.7. The summed E-state index contributed by atoms with van der Waals surface area (Å²) in [6.45, 7) is 27.7. The average Bonchev–Trinajstić information content (AvgIpc) is 1.65. The van der Waals surface area contributed by atoms with Gasteiger partial charge in [0.15, 0.2) is 0 Å². The maximum atomic E-state index is 13.3. The number of hydrogen-bond acceptors (Lipinski definition) is 30. The maximum Gasteiger partial charge on any atom is 0.407 e. The summed E-state index contributed by atoms with van der Waals surface area (Å²) in [5.41, 5.74) is -0.711. The first-order chi connectivity index (χ1) is 50.5. The number of unbranched alkanes of at least 4 members (excludes halogenated alkanes) is 2. The molecule has 2 unspecified atom stereocenters. The topological polar surface area (TPSA) is 347 Å². The SMILES string of the molecule is COCCOCCOCCOCCOCCOCCOCCOCCOCCOCCOCCOCCOCCOCCOCCOCCOCCOCCOCCOCCOCCOCCOCCOCCNC(=O)C1CC(NC(=O)OC(C)(C)C)CN1C(=O)CCCCCN1C(=O)C=CC1=O. The number of ether oxygens (including phenoxy) is 25. The number of alkyl carbamates (subject to hydrolysis) is 1. The van der Waals surface area contributed by atoms with E-state index in [0.29, 0.717) is 323 Å². The Labute approximate surface area is 610 Å². The fourth-order valence-corrected chi connectivity index (χ4v) is 8.90. The van der Waals surface area contributed by atoms with Crippen LogP contribution in [0.1, 0.15) is 52.9 Å². The Morgan fingerprint density at radius 2 is 0.621 bits per heavy atom. The third-order valence-corrected chi connectivity index (χ3v) is 14.0. The van der Waals surface area contributed by atoms with Crippen molar-refractivity contribution in [3.63, 3.8) is 0 Å². The van der Waals surface area contributed by atoms with Crippen LogP contribution in [0.15, 0.2) is 12.2 Å². The zero-order valence-corrected chi connectivity index (χ0v) is 62.3. The van der Waals surface area contributed by atoms with Gasteiger partial charge in [0.2, 0.25) is 11.8 Å². The molecule has 34 heteroatoms. The standard InChI is InChI=1S/C69H128N4O30/c1-69(2,3)103-68(78)71-62-60-63(73(61-62)64(74)8-6-5-7-12-72-65(75)9-10-66(72)76)67(77)70-11-13-80-16-17-82-20-21-84-24-25-86-28-29-88-32-33-90-36-37-92-40-41-94-44-45-96-48-49-98-52-53-100-56-57-102-59-58-101-55-54-99-51-50-97-47-46-95-43-42-93-39-38-91-35-34-89-31-30-87-27-26-85-23-22-83-19-18-81-15-14-79-4/h9-10,62-63H,5-8,11-61H2,1-4H3,(H,70,77)(H,71,78). The molecule has 0 aromatic carbocycles. The molecule has 0 aliphatic carbocycles. The van der Waals surface area contributed by atoms with E-state index in [1.165, 1.54) is 22.0 Å². The van der Waals surface area contributed by atoms with E-state index in [-0.39, 0.29) is 62.7 Å². The van der Waals surface area contributed by atoms with Crippen molar-refractivity contribution in [1.82, 2.24) is 20.4 Å². The molecule has 2 aliphatic heterocycles. The number of carbonyl (C=O) groups is 5. The first-order valence-corrected chi connectivity index (χ1v) is 36.4. The number of rotatable bonds is 80. The molecule has 5 amide bonds. The van der Waals surface area contributed by atoms with E-state index >= 15 is 0 Å². The lowest BCUT2D eigenvalue weighted by molar-refractivity contribution is -0.138.